The first-order chi connectivity index (χ1) is 9.85. The van der Waals surface area contributed by atoms with Crippen molar-refractivity contribution in [3.05, 3.63) is 43.6 Å². The summed E-state index contributed by atoms with van der Waals surface area (Å²) in [5, 5.41) is 0.339. The topological polar surface area (TPSA) is 94.8 Å². The molecule has 0 saturated carbocycles. The van der Waals surface area contributed by atoms with Crippen LogP contribution in [0.25, 0.3) is 11.0 Å². The summed E-state index contributed by atoms with van der Waals surface area (Å²) in [5.74, 6) is 0. The number of H-pyrrole nitrogens is 2. The lowest BCUT2D eigenvalue weighted by Gasteiger charge is -2.05. The number of rotatable bonds is 3. The number of fused-ring (bicyclic) bond motifs is 1. The number of aromatic nitrogens is 2. The molecule has 0 atom stereocenters. The predicted molar refractivity (Wildman–Crippen MR) is 86.8 cm³/mol. The van der Waals surface area contributed by atoms with Crippen LogP contribution in [0.4, 0.5) is 5.69 Å². The van der Waals surface area contributed by atoms with Crippen LogP contribution in [0.1, 0.15) is 0 Å². The summed E-state index contributed by atoms with van der Waals surface area (Å²) in [4.78, 5) is 16.3. The lowest BCUT2D eigenvalue weighted by atomic mass is 10.3. The summed E-state index contributed by atoms with van der Waals surface area (Å²) in [6, 6.07) is 6.08. The number of hydrogen-bond acceptors (Lipinski definition) is 4. The molecule has 0 amide bonds. The Morgan fingerprint density at radius 1 is 1.19 bits per heavy atom. The second kappa shape index (κ2) is 5.16. The van der Waals surface area contributed by atoms with Gasteiger partial charge in [0.25, 0.3) is 10.0 Å². The van der Waals surface area contributed by atoms with Gasteiger partial charge in [-0.2, -0.15) is 0 Å². The van der Waals surface area contributed by atoms with Crippen molar-refractivity contribution in [2.75, 3.05) is 4.72 Å². The van der Waals surface area contributed by atoms with Crippen molar-refractivity contribution < 1.29 is 8.42 Å². The SMILES string of the molecule is O=c1[nH]c2ccc(NS(=O)(=O)c3cc(Cl)c(Br)s3)cc2[nH]1. The molecule has 0 fully saturated rings. The Kier molecular flexibility index (Phi) is 3.60. The minimum absolute atomic E-state index is 0.0991. The number of imidazole rings is 1. The van der Waals surface area contributed by atoms with Crippen LogP contribution < -0.4 is 10.4 Å². The molecule has 0 spiro atoms. The fourth-order valence-electron chi connectivity index (χ4n) is 1.76. The first-order valence-corrected chi connectivity index (χ1v) is 9.02. The van der Waals surface area contributed by atoms with Crippen LogP contribution in [0, 0.1) is 0 Å². The number of sulfonamides is 1. The molecule has 0 aliphatic rings. The van der Waals surface area contributed by atoms with Crippen LogP contribution in [0.2, 0.25) is 5.02 Å². The van der Waals surface area contributed by atoms with Crippen molar-refractivity contribution in [1.29, 1.82) is 0 Å². The van der Waals surface area contributed by atoms with E-state index in [1.165, 1.54) is 12.1 Å². The molecule has 3 rings (SSSR count). The van der Waals surface area contributed by atoms with Gasteiger partial charge < -0.3 is 9.97 Å². The summed E-state index contributed by atoms with van der Waals surface area (Å²) in [7, 11) is -3.72. The average Bonchev–Trinajstić information content (AvgIpc) is 2.91. The van der Waals surface area contributed by atoms with Gasteiger partial charge in [-0.25, -0.2) is 13.2 Å². The average molecular weight is 409 g/mol. The third-order valence-electron chi connectivity index (χ3n) is 2.66. The number of aromatic amines is 2. The monoisotopic (exact) mass is 407 g/mol. The summed E-state index contributed by atoms with van der Waals surface area (Å²) >= 11 is 10.0. The van der Waals surface area contributed by atoms with Gasteiger partial charge in [0, 0.05) is 0 Å². The molecule has 0 aliphatic heterocycles. The van der Waals surface area contributed by atoms with Gasteiger partial charge in [0.15, 0.2) is 0 Å². The number of halogens is 2. The van der Waals surface area contributed by atoms with Crippen LogP contribution in [-0.2, 0) is 10.0 Å². The molecule has 0 bridgehead atoms. The van der Waals surface area contributed by atoms with Gasteiger partial charge in [-0.05, 0) is 40.2 Å². The van der Waals surface area contributed by atoms with Gasteiger partial charge in [-0.1, -0.05) is 11.6 Å². The van der Waals surface area contributed by atoms with Crippen molar-refractivity contribution in [3.8, 4) is 0 Å². The second-order valence-electron chi connectivity index (χ2n) is 4.13. The molecule has 110 valence electrons. The number of thiophene rings is 1. The van der Waals surface area contributed by atoms with Crippen molar-refractivity contribution in [3.63, 3.8) is 0 Å². The van der Waals surface area contributed by atoms with Crippen LogP contribution in [0.15, 0.2) is 37.1 Å². The van der Waals surface area contributed by atoms with Crippen LogP contribution in [0.5, 0.6) is 0 Å². The van der Waals surface area contributed by atoms with E-state index in [2.05, 4.69) is 30.6 Å². The molecular weight excluding hydrogens is 402 g/mol. The van der Waals surface area contributed by atoms with Crippen LogP contribution in [0.3, 0.4) is 0 Å². The van der Waals surface area contributed by atoms with Crippen molar-refractivity contribution in [2.45, 2.75) is 4.21 Å². The Morgan fingerprint density at radius 3 is 2.57 bits per heavy atom. The maximum Gasteiger partial charge on any atom is 0.323 e. The molecule has 0 saturated heterocycles. The number of benzene rings is 1. The highest BCUT2D eigenvalue weighted by Gasteiger charge is 2.19. The molecule has 0 unspecified atom stereocenters. The van der Waals surface area contributed by atoms with E-state index < -0.39 is 10.0 Å². The van der Waals surface area contributed by atoms with Crippen molar-refractivity contribution in [2.24, 2.45) is 0 Å². The first kappa shape index (κ1) is 14.6. The van der Waals surface area contributed by atoms with Gasteiger partial charge >= 0.3 is 5.69 Å². The normalized spacial score (nSPS) is 11.9. The lowest BCUT2D eigenvalue weighted by Crippen LogP contribution is -2.11. The summed E-state index contributed by atoms with van der Waals surface area (Å²) in [5.41, 5.74) is 1.12. The zero-order valence-corrected chi connectivity index (χ0v) is 14.1. The molecule has 6 nitrogen and oxygen atoms in total. The molecular formula is C11H7BrClN3O3S2. The zero-order chi connectivity index (χ0) is 15.2. The zero-order valence-electron chi connectivity index (χ0n) is 10.1. The van der Waals surface area contributed by atoms with E-state index in [4.69, 9.17) is 11.6 Å². The minimum atomic E-state index is -3.72. The molecule has 2 aromatic heterocycles. The van der Waals surface area contributed by atoms with E-state index in [0.717, 1.165) is 11.3 Å². The van der Waals surface area contributed by atoms with E-state index in [0.29, 0.717) is 25.5 Å². The highest BCUT2D eigenvalue weighted by Crippen LogP contribution is 2.35. The highest BCUT2D eigenvalue weighted by atomic mass is 79.9. The predicted octanol–water partition coefficient (Wildman–Crippen LogP) is 3.13. The van der Waals surface area contributed by atoms with Crippen LogP contribution >= 0.6 is 38.9 Å². The maximum absolute atomic E-state index is 12.2. The van der Waals surface area contributed by atoms with E-state index in [1.807, 2.05) is 0 Å². The fourth-order valence-corrected chi connectivity index (χ4v) is 5.21. The fraction of sp³-hybridized carbons (Fsp3) is 0. The van der Waals surface area contributed by atoms with Gasteiger partial charge in [0.2, 0.25) is 0 Å². The quantitative estimate of drug-likeness (QED) is 0.621. The first-order valence-electron chi connectivity index (χ1n) is 5.55. The van der Waals surface area contributed by atoms with Crippen molar-refractivity contribution in [1.82, 2.24) is 9.97 Å². The molecule has 0 aliphatic carbocycles. The molecule has 1 aromatic carbocycles. The lowest BCUT2D eigenvalue weighted by molar-refractivity contribution is 0.603. The van der Waals surface area contributed by atoms with E-state index >= 15 is 0 Å². The van der Waals surface area contributed by atoms with Crippen LogP contribution in [-0.4, -0.2) is 18.4 Å². The van der Waals surface area contributed by atoms with Gasteiger partial charge in [-0.15, -0.1) is 11.3 Å². The molecule has 21 heavy (non-hydrogen) atoms. The van der Waals surface area contributed by atoms with Gasteiger partial charge in [-0.3, -0.25) is 4.72 Å². The Labute approximate surface area is 136 Å². The van der Waals surface area contributed by atoms with E-state index in [-0.39, 0.29) is 9.90 Å². The Hall–Kier alpha value is -1.29. The molecule has 3 N–H and O–H groups in total. The Morgan fingerprint density at radius 2 is 1.90 bits per heavy atom. The third kappa shape index (κ3) is 2.86. The summed E-state index contributed by atoms with van der Waals surface area (Å²) < 4.78 is 27.6. The van der Waals surface area contributed by atoms with E-state index in [9.17, 15) is 13.2 Å². The summed E-state index contributed by atoms with van der Waals surface area (Å²) in [6.07, 6.45) is 0. The maximum atomic E-state index is 12.2. The number of anilines is 1. The molecule has 2 heterocycles. The smallest absolute Gasteiger partial charge is 0.306 e. The number of nitrogens with one attached hydrogen (secondary N) is 3. The highest BCUT2D eigenvalue weighted by molar-refractivity contribution is 9.11. The van der Waals surface area contributed by atoms with E-state index in [1.54, 1.807) is 12.1 Å². The molecule has 10 heteroatoms. The molecule has 3 aromatic rings. The van der Waals surface area contributed by atoms with Gasteiger partial charge in [0.1, 0.15) is 4.21 Å². The van der Waals surface area contributed by atoms with Gasteiger partial charge in [0.05, 0.1) is 25.5 Å². The Balaban J connectivity index is 1.98. The minimum Gasteiger partial charge on any atom is -0.306 e. The molecule has 0 radical (unpaired) electrons. The van der Waals surface area contributed by atoms with Crippen molar-refractivity contribution >= 4 is 65.6 Å². The second-order valence-corrected chi connectivity index (χ2v) is 8.82. The number of hydrogen-bond donors (Lipinski definition) is 3. The third-order valence-corrected chi connectivity index (χ3v) is 6.99. The largest absolute Gasteiger partial charge is 0.323 e. The standard InChI is InChI=1S/C11H7BrClN3O3S2/c12-10-6(13)4-9(20-10)21(18,19)16-5-1-2-7-8(3-5)15-11(17)14-7/h1-4,16H,(H2,14,15,17). The Bertz CT molecular complexity index is 970. The summed E-state index contributed by atoms with van der Waals surface area (Å²) in [6.45, 7) is 0.